The van der Waals surface area contributed by atoms with Crippen molar-refractivity contribution in [2.75, 3.05) is 45.9 Å². The van der Waals surface area contributed by atoms with Gasteiger partial charge in [0.1, 0.15) is 5.75 Å². The lowest BCUT2D eigenvalue weighted by molar-refractivity contribution is 0.105. The van der Waals surface area contributed by atoms with E-state index in [1.807, 2.05) is 0 Å². The van der Waals surface area contributed by atoms with Crippen molar-refractivity contribution in [3.8, 4) is 5.75 Å². The van der Waals surface area contributed by atoms with E-state index in [0.29, 0.717) is 5.92 Å². The number of ether oxygens (including phenoxy) is 1. The zero-order valence-corrected chi connectivity index (χ0v) is 17.9. The third kappa shape index (κ3) is 5.94. The van der Waals surface area contributed by atoms with Crippen molar-refractivity contribution in [3.05, 3.63) is 29.8 Å². The molecule has 2 fully saturated rings. The Labute approximate surface area is 166 Å². The van der Waals surface area contributed by atoms with Crippen molar-refractivity contribution in [1.82, 2.24) is 14.7 Å². The van der Waals surface area contributed by atoms with E-state index in [-0.39, 0.29) is 0 Å². The molecule has 1 aromatic carbocycles. The average Bonchev–Trinajstić information content (AvgIpc) is 2.98. The van der Waals surface area contributed by atoms with Gasteiger partial charge in [-0.15, -0.1) is 0 Å². The number of rotatable bonds is 8. The minimum Gasteiger partial charge on any atom is -0.493 e. The van der Waals surface area contributed by atoms with Crippen LogP contribution in [-0.2, 0) is 6.54 Å². The minimum atomic E-state index is 0.558. The topological polar surface area (TPSA) is 19.0 Å². The maximum atomic E-state index is 6.03. The molecule has 27 heavy (non-hydrogen) atoms. The van der Waals surface area contributed by atoms with E-state index in [1.54, 1.807) is 0 Å². The highest BCUT2D eigenvalue weighted by Crippen LogP contribution is 2.23. The van der Waals surface area contributed by atoms with Crippen LogP contribution in [0.4, 0.5) is 0 Å². The van der Waals surface area contributed by atoms with E-state index in [4.69, 9.17) is 4.74 Å². The SMILES string of the molecule is CC(C)COc1ccccc1CN1CCN(CCN2[C@@H](C)CC[C@@H]2C)CC1. The number of hydrogen-bond acceptors (Lipinski definition) is 4. The molecule has 0 amide bonds. The van der Waals surface area contributed by atoms with Crippen LogP contribution < -0.4 is 4.74 Å². The average molecular weight is 374 g/mol. The summed E-state index contributed by atoms with van der Waals surface area (Å²) in [5, 5.41) is 0. The fourth-order valence-electron chi connectivity index (χ4n) is 4.39. The maximum absolute atomic E-state index is 6.03. The molecule has 3 rings (SSSR count). The minimum absolute atomic E-state index is 0.558. The lowest BCUT2D eigenvalue weighted by atomic mass is 10.1. The van der Waals surface area contributed by atoms with Gasteiger partial charge in [-0.05, 0) is 38.7 Å². The first-order valence-corrected chi connectivity index (χ1v) is 10.9. The van der Waals surface area contributed by atoms with Gasteiger partial charge in [0.15, 0.2) is 0 Å². The van der Waals surface area contributed by atoms with Crippen molar-refractivity contribution in [1.29, 1.82) is 0 Å². The number of piperazine rings is 1. The summed E-state index contributed by atoms with van der Waals surface area (Å²) < 4.78 is 6.03. The van der Waals surface area contributed by atoms with Gasteiger partial charge in [-0.1, -0.05) is 32.0 Å². The van der Waals surface area contributed by atoms with Gasteiger partial charge in [0.05, 0.1) is 6.61 Å². The molecule has 4 heteroatoms. The Morgan fingerprint density at radius 3 is 2.22 bits per heavy atom. The van der Waals surface area contributed by atoms with Crippen LogP contribution in [-0.4, -0.2) is 72.7 Å². The van der Waals surface area contributed by atoms with Gasteiger partial charge in [0.25, 0.3) is 0 Å². The summed E-state index contributed by atoms with van der Waals surface area (Å²) in [4.78, 5) is 7.93. The molecule has 0 N–H and O–H groups in total. The second-order valence-corrected chi connectivity index (χ2v) is 8.94. The molecule has 2 heterocycles. The highest BCUT2D eigenvalue weighted by molar-refractivity contribution is 5.33. The molecule has 0 unspecified atom stereocenters. The van der Waals surface area contributed by atoms with E-state index >= 15 is 0 Å². The normalized spacial score (nSPS) is 25.4. The van der Waals surface area contributed by atoms with Gasteiger partial charge in [0.2, 0.25) is 0 Å². The van der Waals surface area contributed by atoms with Crippen LogP contribution in [0, 0.1) is 5.92 Å². The second-order valence-electron chi connectivity index (χ2n) is 8.94. The highest BCUT2D eigenvalue weighted by atomic mass is 16.5. The Bertz CT molecular complexity index is 558. The van der Waals surface area contributed by atoms with Crippen molar-refractivity contribution < 1.29 is 4.74 Å². The molecule has 2 aliphatic rings. The third-order valence-corrected chi connectivity index (χ3v) is 6.21. The Hall–Kier alpha value is -1.10. The fourth-order valence-corrected chi connectivity index (χ4v) is 4.39. The van der Waals surface area contributed by atoms with Gasteiger partial charge in [-0.25, -0.2) is 0 Å². The van der Waals surface area contributed by atoms with E-state index in [2.05, 4.69) is 66.7 Å². The first-order chi connectivity index (χ1) is 13.0. The number of hydrogen-bond donors (Lipinski definition) is 0. The van der Waals surface area contributed by atoms with E-state index in [0.717, 1.165) is 44.1 Å². The Morgan fingerprint density at radius 1 is 0.926 bits per heavy atom. The predicted molar refractivity (Wildman–Crippen MR) is 113 cm³/mol. The summed E-state index contributed by atoms with van der Waals surface area (Å²) in [5.41, 5.74) is 1.33. The zero-order chi connectivity index (χ0) is 19.2. The largest absolute Gasteiger partial charge is 0.493 e. The molecule has 2 aliphatic heterocycles. The molecule has 0 radical (unpaired) electrons. The summed E-state index contributed by atoms with van der Waals surface area (Å²) in [6.07, 6.45) is 2.74. The van der Waals surface area contributed by atoms with Crippen molar-refractivity contribution in [2.45, 2.75) is 59.2 Å². The monoisotopic (exact) mass is 373 g/mol. The fraction of sp³-hybridized carbons (Fsp3) is 0.739. The summed E-state index contributed by atoms with van der Waals surface area (Å²) in [5.74, 6) is 1.62. The lowest BCUT2D eigenvalue weighted by Gasteiger charge is -2.36. The van der Waals surface area contributed by atoms with Crippen LogP contribution in [0.3, 0.4) is 0 Å². The molecule has 0 spiro atoms. The van der Waals surface area contributed by atoms with Crippen LogP contribution in [0.25, 0.3) is 0 Å². The summed E-state index contributed by atoms with van der Waals surface area (Å²) in [6.45, 7) is 18.1. The first kappa shape index (κ1) is 20.6. The van der Waals surface area contributed by atoms with Gasteiger partial charge in [-0.3, -0.25) is 14.7 Å². The molecule has 2 saturated heterocycles. The molecule has 4 nitrogen and oxygen atoms in total. The van der Waals surface area contributed by atoms with Crippen LogP contribution in [0.15, 0.2) is 24.3 Å². The van der Waals surface area contributed by atoms with E-state index in [1.165, 1.54) is 44.6 Å². The molecule has 0 bridgehead atoms. The molecular formula is C23H39N3O. The van der Waals surface area contributed by atoms with Gasteiger partial charge < -0.3 is 4.74 Å². The standard InChI is InChI=1S/C23H39N3O/c1-19(2)18-27-23-8-6-5-7-22(23)17-25-13-11-24(12-14-25)15-16-26-20(3)9-10-21(26)4/h5-8,19-21H,9-18H2,1-4H3/t20-,21-/m0/s1. The predicted octanol–water partition coefficient (Wildman–Crippen LogP) is 3.71. The van der Waals surface area contributed by atoms with Crippen LogP contribution in [0.1, 0.15) is 46.1 Å². The van der Waals surface area contributed by atoms with Crippen molar-refractivity contribution in [3.63, 3.8) is 0 Å². The van der Waals surface area contributed by atoms with E-state index < -0.39 is 0 Å². The second kappa shape index (κ2) is 9.90. The highest BCUT2D eigenvalue weighted by Gasteiger charge is 2.27. The number of benzene rings is 1. The van der Waals surface area contributed by atoms with Gasteiger partial charge in [-0.2, -0.15) is 0 Å². The Balaban J connectivity index is 1.43. The number of likely N-dealkylation sites (tertiary alicyclic amines) is 1. The van der Waals surface area contributed by atoms with Crippen molar-refractivity contribution in [2.24, 2.45) is 5.92 Å². The Kier molecular flexibility index (Phi) is 7.57. The molecule has 1 aromatic rings. The van der Waals surface area contributed by atoms with Gasteiger partial charge >= 0.3 is 0 Å². The van der Waals surface area contributed by atoms with Crippen LogP contribution in [0.2, 0.25) is 0 Å². The van der Waals surface area contributed by atoms with E-state index in [9.17, 15) is 0 Å². The quantitative estimate of drug-likeness (QED) is 0.691. The molecular weight excluding hydrogens is 334 g/mol. The maximum Gasteiger partial charge on any atom is 0.123 e. The molecule has 2 atom stereocenters. The van der Waals surface area contributed by atoms with Crippen LogP contribution >= 0.6 is 0 Å². The van der Waals surface area contributed by atoms with Crippen molar-refractivity contribution >= 4 is 0 Å². The third-order valence-electron chi connectivity index (χ3n) is 6.21. The first-order valence-electron chi connectivity index (χ1n) is 10.9. The molecule has 0 saturated carbocycles. The summed E-state index contributed by atoms with van der Waals surface area (Å²) in [7, 11) is 0. The number of nitrogens with zero attached hydrogens (tertiary/aromatic N) is 3. The summed E-state index contributed by atoms with van der Waals surface area (Å²) >= 11 is 0. The van der Waals surface area contributed by atoms with Gasteiger partial charge in [0, 0.05) is 63.5 Å². The Morgan fingerprint density at radius 2 is 1.56 bits per heavy atom. The molecule has 152 valence electrons. The lowest BCUT2D eigenvalue weighted by Crippen LogP contribution is -2.48. The molecule has 0 aromatic heterocycles. The zero-order valence-electron chi connectivity index (χ0n) is 17.9. The smallest absolute Gasteiger partial charge is 0.123 e. The summed E-state index contributed by atoms with van der Waals surface area (Å²) in [6, 6.07) is 10.1. The molecule has 0 aliphatic carbocycles. The number of para-hydroxylation sites is 1. The van der Waals surface area contributed by atoms with Crippen LogP contribution in [0.5, 0.6) is 5.75 Å².